The predicted molar refractivity (Wildman–Crippen MR) is 89.9 cm³/mol. The maximum absolute atomic E-state index is 12.5. The summed E-state index contributed by atoms with van der Waals surface area (Å²) in [6.45, 7) is 2.10. The van der Waals surface area contributed by atoms with Crippen molar-refractivity contribution in [2.75, 3.05) is 5.32 Å². The molecule has 116 valence electrons. The summed E-state index contributed by atoms with van der Waals surface area (Å²) in [4.78, 5) is 13.8. The lowest BCUT2D eigenvalue weighted by atomic mass is 10.2. The lowest BCUT2D eigenvalue weighted by molar-refractivity contribution is -0.117. The van der Waals surface area contributed by atoms with Gasteiger partial charge in [0.15, 0.2) is 0 Å². The van der Waals surface area contributed by atoms with Gasteiger partial charge >= 0.3 is 0 Å². The van der Waals surface area contributed by atoms with Crippen LogP contribution in [0, 0.1) is 12.8 Å². The van der Waals surface area contributed by atoms with Crippen molar-refractivity contribution in [3.05, 3.63) is 58.5 Å². The van der Waals surface area contributed by atoms with Gasteiger partial charge in [-0.3, -0.25) is 14.7 Å². The van der Waals surface area contributed by atoms with Gasteiger partial charge in [0.1, 0.15) is 6.33 Å². The molecule has 3 aromatic rings. The van der Waals surface area contributed by atoms with Gasteiger partial charge < -0.3 is 0 Å². The minimum Gasteiger partial charge on any atom is -0.294 e. The summed E-state index contributed by atoms with van der Waals surface area (Å²) >= 11 is 1.74. The quantitative estimate of drug-likeness (QED) is 0.800. The number of carbonyl (C=O) groups is 1. The van der Waals surface area contributed by atoms with E-state index in [0.717, 1.165) is 12.1 Å². The van der Waals surface area contributed by atoms with Gasteiger partial charge in [-0.05, 0) is 42.5 Å². The van der Waals surface area contributed by atoms with Crippen LogP contribution in [0.2, 0.25) is 0 Å². The number of carbonyl (C=O) groups excluding carboxylic acids is 1. The second kappa shape index (κ2) is 5.62. The summed E-state index contributed by atoms with van der Waals surface area (Å²) in [6.07, 6.45) is 2.52. The summed E-state index contributed by atoms with van der Waals surface area (Å²) in [5.41, 5.74) is 2.21. The third-order valence-electron chi connectivity index (χ3n) is 4.18. The number of aromatic nitrogens is 3. The highest BCUT2D eigenvalue weighted by Gasteiger charge is 2.45. The number of rotatable bonds is 4. The molecule has 0 saturated heterocycles. The maximum Gasteiger partial charge on any atom is 0.235 e. The Morgan fingerprint density at radius 3 is 2.87 bits per heavy atom. The number of benzene rings is 1. The second-order valence-corrected chi connectivity index (χ2v) is 6.71. The molecule has 1 amide bonds. The molecule has 0 radical (unpaired) electrons. The zero-order valence-corrected chi connectivity index (χ0v) is 13.5. The number of amides is 1. The van der Waals surface area contributed by atoms with E-state index in [2.05, 4.69) is 33.9 Å². The largest absolute Gasteiger partial charge is 0.294 e. The summed E-state index contributed by atoms with van der Waals surface area (Å²) in [7, 11) is 0. The average Bonchev–Trinajstić information content (AvgIpc) is 3.03. The van der Waals surface area contributed by atoms with Crippen LogP contribution in [0.15, 0.2) is 48.1 Å². The highest BCUT2D eigenvalue weighted by atomic mass is 32.1. The molecule has 0 unspecified atom stereocenters. The van der Waals surface area contributed by atoms with Crippen molar-refractivity contribution < 1.29 is 4.79 Å². The number of anilines is 1. The van der Waals surface area contributed by atoms with Crippen molar-refractivity contribution >= 4 is 23.2 Å². The molecule has 1 fully saturated rings. The van der Waals surface area contributed by atoms with Crippen LogP contribution in [0.3, 0.4) is 0 Å². The average molecular weight is 324 g/mol. The number of thiophene rings is 1. The maximum atomic E-state index is 12.5. The Kier molecular flexibility index (Phi) is 3.46. The van der Waals surface area contributed by atoms with Gasteiger partial charge in [0.05, 0.1) is 5.69 Å². The Morgan fingerprint density at radius 1 is 1.30 bits per heavy atom. The van der Waals surface area contributed by atoms with Crippen molar-refractivity contribution in [2.45, 2.75) is 19.3 Å². The topological polar surface area (TPSA) is 59.8 Å². The Bertz CT molecular complexity index is 839. The number of nitrogens with one attached hydrogen (secondary N) is 1. The monoisotopic (exact) mass is 324 g/mol. The van der Waals surface area contributed by atoms with Crippen LogP contribution in [0.5, 0.6) is 0 Å². The lowest BCUT2D eigenvalue weighted by Gasteiger charge is -2.07. The van der Waals surface area contributed by atoms with Gasteiger partial charge in [-0.15, -0.1) is 21.5 Å². The van der Waals surface area contributed by atoms with Gasteiger partial charge in [-0.2, -0.15) is 0 Å². The molecule has 6 heteroatoms. The van der Waals surface area contributed by atoms with Crippen LogP contribution in [0.4, 0.5) is 5.95 Å². The van der Waals surface area contributed by atoms with E-state index in [0.29, 0.717) is 11.9 Å². The molecule has 0 bridgehead atoms. The highest BCUT2D eigenvalue weighted by Crippen LogP contribution is 2.50. The number of hydrogen-bond acceptors (Lipinski definition) is 4. The van der Waals surface area contributed by atoms with E-state index in [1.54, 1.807) is 22.2 Å². The van der Waals surface area contributed by atoms with E-state index < -0.39 is 0 Å². The van der Waals surface area contributed by atoms with Crippen molar-refractivity contribution in [1.29, 1.82) is 0 Å². The fraction of sp³-hybridized carbons (Fsp3) is 0.235. The first-order valence-electron chi connectivity index (χ1n) is 7.54. The normalized spacial score (nSPS) is 19.5. The van der Waals surface area contributed by atoms with Crippen molar-refractivity contribution in [3.8, 4) is 5.69 Å². The molecular formula is C17H16N4OS. The predicted octanol–water partition coefficient (Wildman–Crippen LogP) is 3.38. The van der Waals surface area contributed by atoms with Gasteiger partial charge in [-0.25, -0.2) is 0 Å². The highest BCUT2D eigenvalue weighted by molar-refractivity contribution is 7.10. The molecule has 1 saturated carbocycles. The Balaban J connectivity index is 1.49. The molecule has 1 aliphatic carbocycles. The van der Waals surface area contributed by atoms with Crippen LogP contribution >= 0.6 is 11.3 Å². The lowest BCUT2D eigenvalue weighted by Crippen LogP contribution is -2.17. The number of hydrogen-bond donors (Lipinski definition) is 1. The van der Waals surface area contributed by atoms with E-state index in [-0.39, 0.29) is 11.8 Å². The molecule has 0 spiro atoms. The second-order valence-electron chi connectivity index (χ2n) is 5.77. The zero-order valence-electron chi connectivity index (χ0n) is 12.6. The molecule has 2 atom stereocenters. The summed E-state index contributed by atoms with van der Waals surface area (Å²) in [5.74, 6) is 0.874. The van der Waals surface area contributed by atoms with Crippen LogP contribution in [0.25, 0.3) is 5.69 Å². The van der Waals surface area contributed by atoms with Gasteiger partial charge in [0, 0.05) is 16.7 Å². The van der Waals surface area contributed by atoms with Crippen molar-refractivity contribution in [2.24, 2.45) is 5.92 Å². The molecule has 4 rings (SSSR count). The number of aryl methyl sites for hydroxylation is 1. The molecule has 1 N–H and O–H groups in total. The Hall–Kier alpha value is -2.47. The molecule has 1 aromatic carbocycles. The fourth-order valence-electron chi connectivity index (χ4n) is 2.84. The molecule has 0 aliphatic heterocycles. The van der Waals surface area contributed by atoms with E-state index in [9.17, 15) is 4.79 Å². The first-order valence-corrected chi connectivity index (χ1v) is 8.42. The SMILES string of the molecule is Cc1ccsc1[C@@H]1C[C@H]1C(=O)Nc1nncn1-c1ccccc1. The standard InChI is InChI=1S/C17H16N4OS/c1-11-7-8-23-15(11)13-9-14(13)16(22)19-17-20-18-10-21(17)12-5-3-2-4-6-12/h2-8,10,13-14H,9H2,1H3,(H,19,20,22)/t13-,14-/m1/s1. The first kappa shape index (κ1) is 14.1. The van der Waals surface area contributed by atoms with E-state index in [4.69, 9.17) is 0 Å². The molecule has 2 aromatic heterocycles. The van der Waals surface area contributed by atoms with E-state index in [1.165, 1.54) is 10.4 Å². The van der Waals surface area contributed by atoms with E-state index in [1.807, 2.05) is 30.3 Å². The van der Waals surface area contributed by atoms with Crippen molar-refractivity contribution in [1.82, 2.24) is 14.8 Å². The Morgan fingerprint density at radius 2 is 2.13 bits per heavy atom. The molecule has 23 heavy (non-hydrogen) atoms. The van der Waals surface area contributed by atoms with Gasteiger partial charge in [0.25, 0.3) is 0 Å². The van der Waals surface area contributed by atoms with Crippen LogP contribution in [-0.2, 0) is 4.79 Å². The number of nitrogens with zero attached hydrogens (tertiary/aromatic N) is 3. The molecule has 5 nitrogen and oxygen atoms in total. The van der Waals surface area contributed by atoms with Gasteiger partial charge in [0.2, 0.25) is 11.9 Å². The van der Waals surface area contributed by atoms with Crippen LogP contribution in [0.1, 0.15) is 22.8 Å². The molecular weight excluding hydrogens is 308 g/mol. The third-order valence-corrected chi connectivity index (χ3v) is 5.33. The summed E-state index contributed by atoms with van der Waals surface area (Å²) < 4.78 is 1.78. The third kappa shape index (κ3) is 2.66. The molecule has 1 aliphatic rings. The minimum absolute atomic E-state index is 0.0213. The smallest absolute Gasteiger partial charge is 0.235 e. The zero-order chi connectivity index (χ0) is 15.8. The summed E-state index contributed by atoms with van der Waals surface area (Å²) in [6, 6.07) is 11.8. The van der Waals surface area contributed by atoms with Gasteiger partial charge in [-0.1, -0.05) is 18.2 Å². The molecule has 2 heterocycles. The Labute approximate surface area is 138 Å². The van der Waals surface area contributed by atoms with Crippen LogP contribution in [-0.4, -0.2) is 20.7 Å². The van der Waals surface area contributed by atoms with Crippen LogP contribution < -0.4 is 5.32 Å². The van der Waals surface area contributed by atoms with E-state index >= 15 is 0 Å². The number of para-hydroxylation sites is 1. The first-order chi connectivity index (χ1) is 11.2. The fourth-order valence-corrected chi connectivity index (χ4v) is 3.95. The van der Waals surface area contributed by atoms with Crippen molar-refractivity contribution in [3.63, 3.8) is 0 Å². The summed E-state index contributed by atoms with van der Waals surface area (Å²) in [5, 5.41) is 13.0. The minimum atomic E-state index is 0.0213.